The summed E-state index contributed by atoms with van der Waals surface area (Å²) in [6, 6.07) is 15.6. The van der Waals surface area contributed by atoms with E-state index in [1.807, 2.05) is 44.2 Å². The molecule has 2 aromatic carbocycles. The Bertz CT molecular complexity index is 677. The number of nitrogens with zero attached hydrogens (tertiary/aromatic N) is 1. The first-order chi connectivity index (χ1) is 12.2. The Labute approximate surface area is 147 Å². The van der Waals surface area contributed by atoms with Gasteiger partial charge in [-0.2, -0.15) is 0 Å². The number of aliphatic imine (C=N–C) groups is 1. The van der Waals surface area contributed by atoms with Gasteiger partial charge < -0.3 is 14.6 Å². The molecule has 0 amide bonds. The molecule has 0 saturated carbocycles. The summed E-state index contributed by atoms with van der Waals surface area (Å²) in [7, 11) is 0. The van der Waals surface area contributed by atoms with Crippen molar-refractivity contribution < 1.29 is 19.4 Å². The van der Waals surface area contributed by atoms with Gasteiger partial charge in [-0.05, 0) is 25.0 Å². The average molecular weight is 341 g/mol. The normalized spacial score (nSPS) is 12.6. The predicted octanol–water partition coefficient (Wildman–Crippen LogP) is 4.00. The van der Waals surface area contributed by atoms with Gasteiger partial charge in [0.15, 0.2) is 12.3 Å². The van der Waals surface area contributed by atoms with Gasteiger partial charge in [-0.3, -0.25) is 4.99 Å². The van der Waals surface area contributed by atoms with E-state index in [1.165, 1.54) is 0 Å². The fourth-order valence-electron chi connectivity index (χ4n) is 2.37. The van der Waals surface area contributed by atoms with Crippen LogP contribution in [-0.2, 0) is 14.3 Å². The van der Waals surface area contributed by atoms with Gasteiger partial charge in [0.2, 0.25) is 0 Å². The third-order valence-corrected chi connectivity index (χ3v) is 3.57. The fraction of sp³-hybridized carbons (Fsp3) is 0.300. The van der Waals surface area contributed by atoms with Crippen molar-refractivity contribution in [3.63, 3.8) is 0 Å². The third-order valence-electron chi connectivity index (χ3n) is 3.57. The number of carboxylic acids is 1. The molecule has 5 nitrogen and oxygen atoms in total. The van der Waals surface area contributed by atoms with Crippen LogP contribution < -0.4 is 0 Å². The van der Waals surface area contributed by atoms with E-state index >= 15 is 0 Å². The maximum absolute atomic E-state index is 11.5. The van der Waals surface area contributed by atoms with Gasteiger partial charge in [-0.25, -0.2) is 4.79 Å². The van der Waals surface area contributed by atoms with Gasteiger partial charge in [-0.15, -0.1) is 0 Å². The van der Waals surface area contributed by atoms with Crippen LogP contribution in [0.2, 0.25) is 0 Å². The highest BCUT2D eigenvalue weighted by Gasteiger charge is 2.17. The molecule has 0 aliphatic heterocycles. The number of rotatable bonds is 9. The van der Waals surface area contributed by atoms with Crippen molar-refractivity contribution in [1.29, 1.82) is 0 Å². The Balaban J connectivity index is 2.13. The molecule has 0 radical (unpaired) electrons. The molecule has 5 heteroatoms. The molecule has 0 aliphatic carbocycles. The standard InChI is InChI=1S/C20H23NO4/c1-3-24-20(25-4-2)17-12-10-15(11-13-17)14-21-18(19(22)23)16-8-6-5-7-9-16/h5-14,18,20H,3-4H2,1-2H3,(H,22,23)/t18-/m1/s1. The highest BCUT2D eigenvalue weighted by molar-refractivity contribution is 5.84. The van der Waals surface area contributed by atoms with Crippen LogP contribution in [0.3, 0.4) is 0 Å². The summed E-state index contributed by atoms with van der Waals surface area (Å²) in [5.41, 5.74) is 2.38. The molecule has 0 aromatic heterocycles. The number of hydrogen-bond donors (Lipinski definition) is 1. The first-order valence-electron chi connectivity index (χ1n) is 8.29. The summed E-state index contributed by atoms with van der Waals surface area (Å²) in [4.78, 5) is 15.7. The summed E-state index contributed by atoms with van der Waals surface area (Å²) < 4.78 is 11.1. The first kappa shape index (κ1) is 18.8. The molecular weight excluding hydrogens is 318 g/mol. The second-order valence-electron chi connectivity index (χ2n) is 5.34. The SMILES string of the molecule is CCOC(OCC)c1ccc(C=N[C@@H](C(=O)O)c2ccccc2)cc1. The lowest BCUT2D eigenvalue weighted by molar-refractivity contribution is -0.140. The minimum atomic E-state index is -0.980. The Morgan fingerprint density at radius 3 is 2.12 bits per heavy atom. The quantitative estimate of drug-likeness (QED) is 0.553. The van der Waals surface area contributed by atoms with E-state index in [9.17, 15) is 9.90 Å². The number of ether oxygens (including phenoxy) is 2. The van der Waals surface area contributed by atoms with E-state index in [2.05, 4.69) is 4.99 Å². The number of carbonyl (C=O) groups is 1. The molecule has 0 unspecified atom stereocenters. The lowest BCUT2D eigenvalue weighted by Crippen LogP contribution is -2.10. The zero-order chi connectivity index (χ0) is 18.1. The highest BCUT2D eigenvalue weighted by atomic mass is 16.7. The predicted molar refractivity (Wildman–Crippen MR) is 96.8 cm³/mol. The fourth-order valence-corrected chi connectivity index (χ4v) is 2.37. The van der Waals surface area contributed by atoms with Crippen LogP contribution in [-0.4, -0.2) is 30.5 Å². The van der Waals surface area contributed by atoms with Gasteiger partial charge >= 0.3 is 5.97 Å². The van der Waals surface area contributed by atoms with Crippen molar-refractivity contribution in [2.75, 3.05) is 13.2 Å². The third kappa shape index (κ3) is 5.52. The zero-order valence-corrected chi connectivity index (χ0v) is 14.5. The van der Waals surface area contributed by atoms with E-state index in [0.29, 0.717) is 18.8 Å². The van der Waals surface area contributed by atoms with E-state index in [4.69, 9.17) is 9.47 Å². The molecule has 132 valence electrons. The molecule has 1 atom stereocenters. The van der Waals surface area contributed by atoms with Gasteiger partial charge in [0.05, 0.1) is 0 Å². The van der Waals surface area contributed by atoms with Crippen LogP contribution in [0.5, 0.6) is 0 Å². The van der Waals surface area contributed by atoms with Crippen LogP contribution >= 0.6 is 0 Å². The van der Waals surface area contributed by atoms with Crippen molar-refractivity contribution in [3.8, 4) is 0 Å². The summed E-state index contributed by atoms with van der Waals surface area (Å²) in [5.74, 6) is -0.980. The van der Waals surface area contributed by atoms with Crippen molar-refractivity contribution in [2.24, 2.45) is 4.99 Å². The number of carboxylic acid groups (broad SMARTS) is 1. The lowest BCUT2D eigenvalue weighted by atomic mass is 10.1. The molecule has 0 aliphatic rings. The minimum absolute atomic E-state index is 0.392. The van der Waals surface area contributed by atoms with Crippen LogP contribution in [0.25, 0.3) is 0 Å². The Morgan fingerprint density at radius 1 is 1.00 bits per heavy atom. The molecule has 0 spiro atoms. The molecule has 0 heterocycles. The Kier molecular flexibility index (Phi) is 7.32. The largest absolute Gasteiger partial charge is 0.479 e. The number of benzene rings is 2. The smallest absolute Gasteiger partial charge is 0.333 e. The van der Waals surface area contributed by atoms with E-state index in [-0.39, 0.29) is 0 Å². The topological polar surface area (TPSA) is 68.1 Å². The summed E-state index contributed by atoms with van der Waals surface area (Å²) in [5, 5.41) is 9.39. The van der Waals surface area contributed by atoms with Crippen LogP contribution in [0.15, 0.2) is 59.6 Å². The van der Waals surface area contributed by atoms with Crippen molar-refractivity contribution in [1.82, 2.24) is 0 Å². The van der Waals surface area contributed by atoms with Crippen molar-refractivity contribution >= 4 is 12.2 Å². The minimum Gasteiger partial charge on any atom is -0.479 e. The first-order valence-corrected chi connectivity index (χ1v) is 8.29. The second kappa shape index (κ2) is 9.71. The van der Waals surface area contributed by atoms with Gasteiger partial charge in [0.1, 0.15) is 0 Å². The molecular formula is C20H23NO4. The lowest BCUT2D eigenvalue weighted by Gasteiger charge is -2.17. The van der Waals surface area contributed by atoms with Crippen LogP contribution in [0.4, 0.5) is 0 Å². The Morgan fingerprint density at radius 2 is 1.60 bits per heavy atom. The maximum atomic E-state index is 11.5. The number of aliphatic carboxylic acids is 1. The monoisotopic (exact) mass is 341 g/mol. The van der Waals surface area contributed by atoms with E-state index in [1.54, 1.807) is 30.5 Å². The second-order valence-corrected chi connectivity index (χ2v) is 5.34. The molecule has 2 aromatic rings. The van der Waals surface area contributed by atoms with E-state index < -0.39 is 18.3 Å². The van der Waals surface area contributed by atoms with Crippen molar-refractivity contribution in [3.05, 3.63) is 71.3 Å². The molecule has 2 rings (SSSR count). The van der Waals surface area contributed by atoms with Crippen molar-refractivity contribution in [2.45, 2.75) is 26.2 Å². The maximum Gasteiger partial charge on any atom is 0.333 e. The number of hydrogen-bond acceptors (Lipinski definition) is 4. The van der Waals surface area contributed by atoms with Gasteiger partial charge in [0, 0.05) is 25.0 Å². The molecule has 0 fully saturated rings. The van der Waals surface area contributed by atoms with Crippen LogP contribution in [0.1, 0.15) is 42.9 Å². The summed E-state index contributed by atoms with van der Waals surface area (Å²) in [6.45, 7) is 4.96. The zero-order valence-electron chi connectivity index (χ0n) is 14.5. The molecule has 1 N–H and O–H groups in total. The molecule has 25 heavy (non-hydrogen) atoms. The van der Waals surface area contributed by atoms with Gasteiger partial charge in [-0.1, -0.05) is 54.6 Å². The average Bonchev–Trinajstić information content (AvgIpc) is 2.63. The van der Waals surface area contributed by atoms with Gasteiger partial charge in [0.25, 0.3) is 0 Å². The summed E-state index contributed by atoms with van der Waals surface area (Å²) in [6.07, 6.45) is 1.18. The molecule has 0 saturated heterocycles. The Hall–Kier alpha value is -2.50. The summed E-state index contributed by atoms with van der Waals surface area (Å²) >= 11 is 0. The van der Waals surface area contributed by atoms with E-state index in [0.717, 1.165) is 11.1 Å². The highest BCUT2D eigenvalue weighted by Crippen LogP contribution is 2.20. The molecule has 0 bridgehead atoms. The van der Waals surface area contributed by atoms with Crippen LogP contribution in [0, 0.1) is 0 Å².